The molecular weight excluding hydrogens is 216 g/mol. The standard InChI is InChI=1S/C13H20N2O2/c1-10(13(16)17-4)8-15(3)9-12-7-5-6-11(2)14-12/h5-7,10H,8-9H2,1-4H3. The molecule has 0 bridgehead atoms. The Bertz CT molecular complexity index is 379. The minimum Gasteiger partial charge on any atom is -0.469 e. The van der Waals surface area contributed by atoms with Gasteiger partial charge < -0.3 is 4.74 Å². The highest BCUT2D eigenvalue weighted by atomic mass is 16.5. The van der Waals surface area contributed by atoms with E-state index in [0.717, 1.165) is 17.9 Å². The van der Waals surface area contributed by atoms with Crippen molar-refractivity contribution in [1.82, 2.24) is 9.88 Å². The molecule has 1 heterocycles. The average molecular weight is 236 g/mol. The molecule has 1 rings (SSSR count). The highest BCUT2D eigenvalue weighted by Gasteiger charge is 2.15. The number of rotatable bonds is 5. The Hall–Kier alpha value is -1.42. The van der Waals surface area contributed by atoms with Gasteiger partial charge in [0, 0.05) is 18.8 Å². The maximum absolute atomic E-state index is 11.3. The first-order valence-electron chi connectivity index (χ1n) is 5.72. The molecular formula is C13H20N2O2. The van der Waals surface area contributed by atoms with E-state index in [1.807, 2.05) is 39.1 Å². The minimum absolute atomic E-state index is 0.116. The first-order chi connectivity index (χ1) is 8.02. The minimum atomic E-state index is -0.172. The molecule has 1 aromatic rings. The van der Waals surface area contributed by atoms with Crippen LogP contribution in [0.25, 0.3) is 0 Å². The molecule has 0 aliphatic heterocycles. The van der Waals surface area contributed by atoms with Crippen LogP contribution in [0.1, 0.15) is 18.3 Å². The maximum atomic E-state index is 11.3. The number of methoxy groups -OCH3 is 1. The Labute approximate surface area is 103 Å². The number of carbonyl (C=O) groups is 1. The lowest BCUT2D eigenvalue weighted by molar-refractivity contribution is -0.145. The summed E-state index contributed by atoms with van der Waals surface area (Å²) in [7, 11) is 3.39. The van der Waals surface area contributed by atoms with E-state index in [0.29, 0.717) is 6.54 Å². The Kier molecular flexibility index (Phi) is 5.10. The van der Waals surface area contributed by atoms with Gasteiger partial charge in [-0.05, 0) is 26.1 Å². The second-order valence-electron chi connectivity index (χ2n) is 4.39. The van der Waals surface area contributed by atoms with Crippen molar-refractivity contribution in [2.45, 2.75) is 20.4 Å². The van der Waals surface area contributed by atoms with E-state index in [1.54, 1.807) is 0 Å². The van der Waals surface area contributed by atoms with Crippen LogP contribution in [0.3, 0.4) is 0 Å². The summed E-state index contributed by atoms with van der Waals surface area (Å²) in [6.45, 7) is 5.25. The third-order valence-electron chi connectivity index (χ3n) is 2.57. The van der Waals surface area contributed by atoms with E-state index >= 15 is 0 Å². The van der Waals surface area contributed by atoms with Gasteiger partial charge in [0.1, 0.15) is 0 Å². The number of esters is 1. The summed E-state index contributed by atoms with van der Waals surface area (Å²) in [6, 6.07) is 5.96. The fraction of sp³-hybridized carbons (Fsp3) is 0.538. The van der Waals surface area contributed by atoms with E-state index in [4.69, 9.17) is 4.74 Å². The number of aromatic nitrogens is 1. The molecule has 0 radical (unpaired) electrons. The first-order valence-corrected chi connectivity index (χ1v) is 5.72. The fourth-order valence-electron chi connectivity index (χ4n) is 1.77. The Morgan fingerprint density at radius 2 is 2.24 bits per heavy atom. The van der Waals surface area contributed by atoms with Crippen molar-refractivity contribution in [2.75, 3.05) is 20.7 Å². The topological polar surface area (TPSA) is 42.4 Å². The van der Waals surface area contributed by atoms with Gasteiger partial charge in [-0.2, -0.15) is 0 Å². The summed E-state index contributed by atoms with van der Waals surface area (Å²) in [6.07, 6.45) is 0. The molecule has 0 saturated heterocycles. The summed E-state index contributed by atoms with van der Waals surface area (Å²) in [4.78, 5) is 17.8. The molecule has 0 spiro atoms. The highest BCUT2D eigenvalue weighted by Crippen LogP contribution is 2.05. The molecule has 4 nitrogen and oxygen atoms in total. The van der Waals surface area contributed by atoms with Crippen molar-refractivity contribution in [3.05, 3.63) is 29.6 Å². The van der Waals surface area contributed by atoms with Gasteiger partial charge in [0.2, 0.25) is 0 Å². The van der Waals surface area contributed by atoms with E-state index in [1.165, 1.54) is 7.11 Å². The fourth-order valence-corrected chi connectivity index (χ4v) is 1.77. The summed E-state index contributed by atoms with van der Waals surface area (Å²) < 4.78 is 4.70. The quantitative estimate of drug-likeness (QED) is 0.729. The predicted octanol–water partition coefficient (Wildman–Crippen LogP) is 1.63. The Balaban J connectivity index is 2.49. The van der Waals surface area contributed by atoms with Crippen LogP contribution in [0.5, 0.6) is 0 Å². The van der Waals surface area contributed by atoms with Gasteiger partial charge in [-0.1, -0.05) is 13.0 Å². The van der Waals surface area contributed by atoms with Crippen LogP contribution < -0.4 is 0 Å². The summed E-state index contributed by atoms with van der Waals surface area (Å²) in [5.41, 5.74) is 2.03. The van der Waals surface area contributed by atoms with E-state index in [-0.39, 0.29) is 11.9 Å². The molecule has 1 atom stereocenters. The number of aryl methyl sites for hydroxylation is 1. The molecule has 1 unspecified atom stereocenters. The third kappa shape index (κ3) is 4.53. The predicted molar refractivity (Wildman–Crippen MR) is 66.5 cm³/mol. The molecule has 0 fully saturated rings. The van der Waals surface area contributed by atoms with Crippen molar-refractivity contribution in [3.8, 4) is 0 Å². The first kappa shape index (κ1) is 13.6. The molecule has 0 N–H and O–H groups in total. The number of nitrogens with zero attached hydrogens (tertiary/aromatic N) is 2. The summed E-state index contributed by atoms with van der Waals surface area (Å²) in [5, 5.41) is 0. The van der Waals surface area contributed by atoms with E-state index < -0.39 is 0 Å². The zero-order valence-corrected chi connectivity index (χ0v) is 10.9. The molecule has 0 amide bonds. The lowest BCUT2D eigenvalue weighted by Crippen LogP contribution is -2.29. The van der Waals surface area contributed by atoms with Gasteiger partial charge in [0.15, 0.2) is 0 Å². The van der Waals surface area contributed by atoms with E-state index in [9.17, 15) is 4.79 Å². The summed E-state index contributed by atoms with van der Waals surface area (Å²) in [5.74, 6) is -0.288. The van der Waals surface area contributed by atoms with Crippen LogP contribution in [0.15, 0.2) is 18.2 Å². The van der Waals surface area contributed by atoms with Crippen LogP contribution >= 0.6 is 0 Å². The molecule has 0 saturated carbocycles. The Morgan fingerprint density at radius 1 is 1.53 bits per heavy atom. The Morgan fingerprint density at radius 3 is 2.82 bits per heavy atom. The van der Waals surface area contributed by atoms with Crippen LogP contribution in [0.2, 0.25) is 0 Å². The molecule has 17 heavy (non-hydrogen) atoms. The van der Waals surface area contributed by atoms with Gasteiger partial charge >= 0.3 is 5.97 Å². The normalized spacial score (nSPS) is 12.5. The molecule has 0 aliphatic carbocycles. The number of hydrogen-bond donors (Lipinski definition) is 0. The van der Waals surface area contributed by atoms with Crippen LogP contribution in [-0.2, 0) is 16.1 Å². The van der Waals surface area contributed by atoms with Crippen LogP contribution in [0.4, 0.5) is 0 Å². The van der Waals surface area contributed by atoms with Crippen molar-refractivity contribution >= 4 is 5.97 Å². The SMILES string of the molecule is COC(=O)C(C)CN(C)Cc1cccc(C)n1. The number of hydrogen-bond acceptors (Lipinski definition) is 4. The van der Waals surface area contributed by atoms with Gasteiger partial charge in [-0.15, -0.1) is 0 Å². The second-order valence-corrected chi connectivity index (χ2v) is 4.39. The van der Waals surface area contributed by atoms with Crippen molar-refractivity contribution in [3.63, 3.8) is 0 Å². The molecule has 94 valence electrons. The zero-order valence-electron chi connectivity index (χ0n) is 10.9. The van der Waals surface area contributed by atoms with E-state index in [2.05, 4.69) is 9.88 Å². The highest BCUT2D eigenvalue weighted by molar-refractivity contribution is 5.72. The average Bonchev–Trinajstić information content (AvgIpc) is 2.27. The molecule has 0 aliphatic rings. The van der Waals surface area contributed by atoms with Crippen LogP contribution in [0, 0.1) is 12.8 Å². The number of carbonyl (C=O) groups excluding carboxylic acids is 1. The maximum Gasteiger partial charge on any atom is 0.309 e. The van der Waals surface area contributed by atoms with Gasteiger partial charge in [0.05, 0.1) is 18.7 Å². The third-order valence-corrected chi connectivity index (χ3v) is 2.57. The monoisotopic (exact) mass is 236 g/mol. The number of pyridine rings is 1. The van der Waals surface area contributed by atoms with Crippen molar-refractivity contribution in [1.29, 1.82) is 0 Å². The largest absolute Gasteiger partial charge is 0.469 e. The second kappa shape index (κ2) is 6.35. The summed E-state index contributed by atoms with van der Waals surface area (Å²) >= 11 is 0. The zero-order chi connectivity index (χ0) is 12.8. The number of ether oxygens (including phenoxy) is 1. The smallest absolute Gasteiger partial charge is 0.309 e. The van der Waals surface area contributed by atoms with Gasteiger partial charge in [-0.3, -0.25) is 14.7 Å². The van der Waals surface area contributed by atoms with Crippen molar-refractivity contribution < 1.29 is 9.53 Å². The lowest BCUT2D eigenvalue weighted by Gasteiger charge is -2.19. The lowest BCUT2D eigenvalue weighted by atomic mass is 10.1. The van der Waals surface area contributed by atoms with Crippen molar-refractivity contribution in [2.24, 2.45) is 5.92 Å². The molecule has 4 heteroatoms. The molecule has 0 aromatic carbocycles. The van der Waals surface area contributed by atoms with Gasteiger partial charge in [-0.25, -0.2) is 0 Å². The van der Waals surface area contributed by atoms with Crippen LogP contribution in [-0.4, -0.2) is 36.6 Å². The van der Waals surface area contributed by atoms with Gasteiger partial charge in [0.25, 0.3) is 0 Å². The molecule has 1 aromatic heterocycles.